The van der Waals surface area contributed by atoms with E-state index in [9.17, 15) is 14.7 Å². The zero-order valence-corrected chi connectivity index (χ0v) is 14.7. The highest BCUT2D eigenvalue weighted by Crippen LogP contribution is 2.29. The molecular formula is C17H30N2O4. The molecule has 0 bridgehead atoms. The molecule has 0 aromatic heterocycles. The molecule has 6 heteroatoms. The summed E-state index contributed by atoms with van der Waals surface area (Å²) in [5.74, 6) is -0.928. The first-order valence-corrected chi connectivity index (χ1v) is 8.11. The summed E-state index contributed by atoms with van der Waals surface area (Å²) in [6, 6.07) is 0. The number of carbonyl (C=O) groups is 2. The lowest BCUT2D eigenvalue weighted by molar-refractivity contribution is -0.157. The van der Waals surface area contributed by atoms with Gasteiger partial charge in [-0.05, 0) is 0 Å². The van der Waals surface area contributed by atoms with Gasteiger partial charge >= 0.3 is 5.97 Å². The van der Waals surface area contributed by atoms with E-state index in [-0.39, 0.29) is 18.6 Å². The third-order valence-corrected chi connectivity index (χ3v) is 3.96. The molecule has 6 nitrogen and oxygen atoms in total. The number of nitrogens with zero attached hydrogens (tertiary/aromatic N) is 1. The molecule has 132 valence electrons. The van der Waals surface area contributed by atoms with Crippen LogP contribution in [0, 0.1) is 5.41 Å². The number of hydrogen-bond acceptors (Lipinski definition) is 6. The van der Waals surface area contributed by atoms with Crippen molar-refractivity contribution in [2.45, 2.75) is 39.2 Å². The maximum atomic E-state index is 12.5. The maximum absolute atomic E-state index is 12.5. The molecule has 1 atom stereocenters. The second kappa shape index (κ2) is 8.57. The van der Waals surface area contributed by atoms with Gasteiger partial charge in [0.15, 0.2) is 5.78 Å². The quantitative estimate of drug-likeness (QED) is 0.531. The van der Waals surface area contributed by atoms with Gasteiger partial charge in [-0.15, -0.1) is 0 Å². The second-order valence-electron chi connectivity index (χ2n) is 7.09. The van der Waals surface area contributed by atoms with Crippen LogP contribution in [0.4, 0.5) is 0 Å². The van der Waals surface area contributed by atoms with Crippen molar-refractivity contribution in [3.8, 4) is 0 Å². The van der Waals surface area contributed by atoms with Crippen LogP contribution in [0.2, 0.25) is 0 Å². The Hall–Kier alpha value is -1.24. The zero-order chi connectivity index (χ0) is 17.5. The van der Waals surface area contributed by atoms with Crippen LogP contribution in [0.5, 0.6) is 0 Å². The molecule has 0 aromatic rings. The largest absolute Gasteiger partial charge is 0.469 e. The van der Waals surface area contributed by atoms with Gasteiger partial charge in [0.2, 0.25) is 0 Å². The van der Waals surface area contributed by atoms with E-state index < -0.39 is 17.0 Å². The first-order chi connectivity index (χ1) is 10.7. The highest BCUT2D eigenvalue weighted by Gasteiger charge is 2.43. The van der Waals surface area contributed by atoms with Crippen LogP contribution in [0.25, 0.3) is 0 Å². The van der Waals surface area contributed by atoms with Gasteiger partial charge in [0.05, 0.1) is 13.5 Å². The van der Waals surface area contributed by atoms with Gasteiger partial charge in [-0.1, -0.05) is 32.9 Å². The minimum Gasteiger partial charge on any atom is -0.469 e. The average Bonchev–Trinajstić information content (AvgIpc) is 2.51. The first-order valence-electron chi connectivity index (χ1n) is 8.11. The standard InChI is InChI=1S/C17H30N2O4/c1-16(2,3)15(21)17(22,13-14(20)23-4)7-5-6-10-19-11-8-18-9-12-19/h5-6,18,22H,7-13H2,1-4H3/b6-5+/t17-/m1/s1. The van der Waals surface area contributed by atoms with Crippen LogP contribution in [-0.4, -0.2) is 67.2 Å². The van der Waals surface area contributed by atoms with E-state index in [4.69, 9.17) is 0 Å². The number of hydrogen-bond donors (Lipinski definition) is 2. The van der Waals surface area contributed by atoms with E-state index in [0.717, 1.165) is 32.7 Å². The van der Waals surface area contributed by atoms with E-state index >= 15 is 0 Å². The molecular weight excluding hydrogens is 296 g/mol. The number of Topliss-reactive ketones (excluding diaryl/α,β-unsaturated/α-hetero) is 1. The number of rotatable bonds is 7. The van der Waals surface area contributed by atoms with Crippen molar-refractivity contribution in [2.24, 2.45) is 5.41 Å². The van der Waals surface area contributed by atoms with E-state index in [2.05, 4.69) is 15.0 Å². The summed E-state index contributed by atoms with van der Waals surface area (Å²) in [6.07, 6.45) is 3.53. The summed E-state index contributed by atoms with van der Waals surface area (Å²) >= 11 is 0. The Morgan fingerprint density at radius 3 is 2.35 bits per heavy atom. The van der Waals surface area contributed by atoms with Gasteiger partial charge in [0.25, 0.3) is 0 Å². The molecule has 1 rings (SSSR count). The molecule has 1 aliphatic rings. The monoisotopic (exact) mass is 326 g/mol. The molecule has 0 aromatic carbocycles. The SMILES string of the molecule is COC(=O)C[C@](O)(C/C=C/CN1CCNCC1)C(=O)C(C)(C)C. The fourth-order valence-electron chi connectivity index (χ4n) is 2.65. The number of methoxy groups -OCH3 is 1. The van der Waals surface area contributed by atoms with E-state index in [1.165, 1.54) is 7.11 Å². The topological polar surface area (TPSA) is 78.9 Å². The summed E-state index contributed by atoms with van der Waals surface area (Å²) in [6.45, 7) is 9.91. The highest BCUT2D eigenvalue weighted by atomic mass is 16.5. The van der Waals surface area contributed by atoms with Crippen LogP contribution in [-0.2, 0) is 14.3 Å². The fraction of sp³-hybridized carbons (Fsp3) is 0.765. The Morgan fingerprint density at radius 2 is 1.83 bits per heavy atom. The van der Waals surface area contributed by atoms with E-state index in [0.29, 0.717) is 0 Å². The third-order valence-electron chi connectivity index (χ3n) is 3.96. The first kappa shape index (κ1) is 19.8. The summed E-state index contributed by atoms with van der Waals surface area (Å²) in [4.78, 5) is 26.4. The zero-order valence-electron chi connectivity index (χ0n) is 14.7. The molecule has 2 N–H and O–H groups in total. The Kier molecular flexibility index (Phi) is 7.38. The van der Waals surface area contributed by atoms with Crippen LogP contribution >= 0.6 is 0 Å². The van der Waals surface area contributed by atoms with Crippen LogP contribution in [0.1, 0.15) is 33.6 Å². The minimum absolute atomic E-state index is 0.115. The summed E-state index contributed by atoms with van der Waals surface area (Å²) in [7, 11) is 1.25. The minimum atomic E-state index is -1.72. The second-order valence-corrected chi connectivity index (χ2v) is 7.09. The molecule has 0 spiro atoms. The predicted octanol–water partition coefficient (Wildman–Crippen LogP) is 0.747. The van der Waals surface area contributed by atoms with Gasteiger partial charge in [-0.2, -0.15) is 0 Å². The van der Waals surface area contributed by atoms with Crippen molar-refractivity contribution in [1.82, 2.24) is 10.2 Å². The van der Waals surface area contributed by atoms with Crippen molar-refractivity contribution < 1.29 is 19.4 Å². The van der Waals surface area contributed by atoms with Crippen LogP contribution < -0.4 is 5.32 Å². The average molecular weight is 326 g/mol. The molecule has 23 heavy (non-hydrogen) atoms. The van der Waals surface area contributed by atoms with Crippen molar-refractivity contribution in [1.29, 1.82) is 0 Å². The molecule has 1 fully saturated rings. The van der Waals surface area contributed by atoms with Crippen LogP contribution in [0.3, 0.4) is 0 Å². The van der Waals surface area contributed by atoms with Gasteiger partial charge in [-0.25, -0.2) is 0 Å². The Balaban J connectivity index is 2.68. The lowest BCUT2D eigenvalue weighted by atomic mass is 9.77. The van der Waals surface area contributed by atoms with E-state index in [1.807, 2.05) is 6.08 Å². The van der Waals surface area contributed by atoms with Crippen molar-refractivity contribution in [3.63, 3.8) is 0 Å². The molecule has 1 heterocycles. The molecule has 0 radical (unpaired) electrons. The number of ether oxygens (including phenoxy) is 1. The molecule has 1 saturated heterocycles. The molecule has 0 aliphatic carbocycles. The number of piperazine rings is 1. The number of aliphatic hydroxyl groups is 1. The fourth-order valence-corrected chi connectivity index (χ4v) is 2.65. The Bertz CT molecular complexity index is 436. The molecule has 0 saturated carbocycles. The normalized spacial score (nSPS) is 19.5. The van der Waals surface area contributed by atoms with E-state index in [1.54, 1.807) is 26.8 Å². The lowest BCUT2D eigenvalue weighted by Crippen LogP contribution is -2.47. The number of ketones is 1. The number of carbonyl (C=O) groups excluding carboxylic acids is 2. The highest BCUT2D eigenvalue weighted by molar-refractivity contribution is 5.94. The number of esters is 1. The molecule has 1 aliphatic heterocycles. The van der Waals surface area contributed by atoms with Crippen molar-refractivity contribution in [3.05, 3.63) is 12.2 Å². The van der Waals surface area contributed by atoms with Gasteiger partial charge in [0.1, 0.15) is 5.60 Å². The van der Waals surface area contributed by atoms with Gasteiger partial charge in [-0.3, -0.25) is 14.5 Å². The number of nitrogens with one attached hydrogen (secondary N) is 1. The van der Waals surface area contributed by atoms with Gasteiger partial charge < -0.3 is 15.2 Å². The summed E-state index contributed by atoms with van der Waals surface area (Å²) in [5, 5.41) is 14.0. The lowest BCUT2D eigenvalue weighted by Gasteiger charge is -2.31. The summed E-state index contributed by atoms with van der Waals surface area (Å²) in [5.41, 5.74) is -2.44. The Labute approximate surface area is 138 Å². The molecule has 0 unspecified atom stereocenters. The molecule has 0 amide bonds. The Morgan fingerprint density at radius 1 is 1.22 bits per heavy atom. The van der Waals surface area contributed by atoms with Crippen molar-refractivity contribution in [2.75, 3.05) is 39.8 Å². The van der Waals surface area contributed by atoms with Gasteiger partial charge in [0, 0.05) is 44.6 Å². The van der Waals surface area contributed by atoms with Crippen molar-refractivity contribution >= 4 is 11.8 Å². The smallest absolute Gasteiger partial charge is 0.308 e. The summed E-state index contributed by atoms with van der Waals surface area (Å²) < 4.78 is 4.62. The third kappa shape index (κ3) is 6.41. The maximum Gasteiger partial charge on any atom is 0.308 e. The predicted molar refractivity (Wildman–Crippen MR) is 89.1 cm³/mol. The van der Waals surface area contributed by atoms with Crippen LogP contribution in [0.15, 0.2) is 12.2 Å².